The number of nitrogens with zero attached hydrogens (tertiary/aromatic N) is 2. The maximum Gasteiger partial charge on any atom is 0.198 e. The van der Waals surface area contributed by atoms with Gasteiger partial charge in [0, 0.05) is 11.8 Å². The van der Waals surface area contributed by atoms with Gasteiger partial charge in [0.05, 0.1) is 23.7 Å². The zero-order valence-electron chi connectivity index (χ0n) is 10.5. The monoisotopic (exact) mass is 288 g/mol. The van der Waals surface area contributed by atoms with Gasteiger partial charge in [-0.2, -0.15) is 5.10 Å². The number of hydrogen-bond donors (Lipinski definition) is 2. The average Bonchev–Trinajstić information content (AvgIpc) is 3.11. The number of aromatic nitrogens is 2. The summed E-state index contributed by atoms with van der Waals surface area (Å²) in [6.07, 6.45) is 3.26. The third-order valence-corrected chi connectivity index (χ3v) is 3.40. The average molecular weight is 289 g/mol. The zero-order valence-corrected chi connectivity index (χ0v) is 11.3. The second-order valence-corrected chi connectivity index (χ2v) is 4.60. The molecule has 3 rings (SSSR count). The van der Waals surface area contributed by atoms with E-state index in [9.17, 15) is 0 Å². The molecular weight excluding hydrogens is 276 g/mol. The predicted molar refractivity (Wildman–Crippen MR) is 76.4 cm³/mol. The Kier molecular flexibility index (Phi) is 3.56. The highest BCUT2D eigenvalue weighted by atomic mass is 35.5. The SMILES string of the molecule is NNC(c1ccoc1Cl)c1ccnn1-c1ccccc1. The molecule has 1 aromatic carbocycles. The third-order valence-electron chi connectivity index (χ3n) is 3.09. The summed E-state index contributed by atoms with van der Waals surface area (Å²) in [5.74, 6) is 5.68. The van der Waals surface area contributed by atoms with E-state index in [4.69, 9.17) is 21.9 Å². The largest absolute Gasteiger partial charge is 0.453 e. The fraction of sp³-hybridized carbons (Fsp3) is 0.0714. The highest BCUT2D eigenvalue weighted by molar-refractivity contribution is 6.29. The van der Waals surface area contributed by atoms with Crippen LogP contribution >= 0.6 is 11.6 Å². The molecule has 3 N–H and O–H groups in total. The van der Waals surface area contributed by atoms with Crippen molar-refractivity contribution >= 4 is 11.6 Å². The van der Waals surface area contributed by atoms with E-state index >= 15 is 0 Å². The Morgan fingerprint density at radius 1 is 1.20 bits per heavy atom. The van der Waals surface area contributed by atoms with Gasteiger partial charge in [-0.25, -0.2) is 10.1 Å². The Bertz CT molecular complexity index is 692. The van der Waals surface area contributed by atoms with Crippen LogP contribution in [-0.4, -0.2) is 9.78 Å². The van der Waals surface area contributed by atoms with Crippen molar-refractivity contribution < 1.29 is 4.42 Å². The molecular formula is C14H13ClN4O. The molecule has 2 heterocycles. The molecule has 5 nitrogen and oxygen atoms in total. The molecule has 0 fully saturated rings. The van der Waals surface area contributed by atoms with Crippen LogP contribution in [0.4, 0.5) is 0 Å². The summed E-state index contributed by atoms with van der Waals surface area (Å²) in [6.45, 7) is 0. The van der Waals surface area contributed by atoms with Crippen molar-refractivity contribution in [1.29, 1.82) is 0 Å². The van der Waals surface area contributed by atoms with Crippen molar-refractivity contribution in [2.45, 2.75) is 6.04 Å². The molecule has 0 spiro atoms. The fourth-order valence-electron chi connectivity index (χ4n) is 2.16. The zero-order chi connectivity index (χ0) is 13.9. The van der Waals surface area contributed by atoms with Gasteiger partial charge >= 0.3 is 0 Å². The van der Waals surface area contributed by atoms with Crippen molar-refractivity contribution in [3.05, 3.63) is 71.4 Å². The first-order valence-corrected chi connectivity index (χ1v) is 6.47. The first-order valence-electron chi connectivity index (χ1n) is 6.09. The smallest absolute Gasteiger partial charge is 0.198 e. The van der Waals surface area contributed by atoms with Gasteiger partial charge in [0.15, 0.2) is 5.22 Å². The summed E-state index contributed by atoms with van der Waals surface area (Å²) in [5.41, 5.74) is 5.35. The van der Waals surface area contributed by atoms with Gasteiger partial charge in [0.2, 0.25) is 0 Å². The van der Waals surface area contributed by atoms with Crippen molar-refractivity contribution in [3.8, 4) is 5.69 Å². The molecule has 0 saturated heterocycles. The minimum atomic E-state index is -0.302. The van der Waals surface area contributed by atoms with Crippen LogP contribution in [0.1, 0.15) is 17.3 Å². The lowest BCUT2D eigenvalue weighted by Gasteiger charge is -2.16. The van der Waals surface area contributed by atoms with Gasteiger partial charge in [-0.15, -0.1) is 0 Å². The van der Waals surface area contributed by atoms with Gasteiger partial charge in [-0.3, -0.25) is 5.84 Å². The lowest BCUT2D eigenvalue weighted by Crippen LogP contribution is -2.30. The lowest BCUT2D eigenvalue weighted by molar-refractivity contribution is 0.548. The molecule has 20 heavy (non-hydrogen) atoms. The van der Waals surface area contributed by atoms with Crippen LogP contribution in [0.25, 0.3) is 5.69 Å². The van der Waals surface area contributed by atoms with Gasteiger partial charge in [0.25, 0.3) is 0 Å². The van der Waals surface area contributed by atoms with E-state index in [1.807, 2.05) is 41.1 Å². The quantitative estimate of drug-likeness (QED) is 0.572. The molecule has 3 aromatic rings. The van der Waals surface area contributed by atoms with Crippen molar-refractivity contribution in [1.82, 2.24) is 15.2 Å². The number of halogens is 1. The second kappa shape index (κ2) is 5.50. The third kappa shape index (κ3) is 2.22. The predicted octanol–water partition coefficient (Wildman–Crippen LogP) is 2.67. The van der Waals surface area contributed by atoms with E-state index in [0.717, 1.165) is 16.9 Å². The molecule has 2 aromatic heterocycles. The summed E-state index contributed by atoms with van der Waals surface area (Å²) in [6, 6.07) is 13.2. The maximum atomic E-state index is 6.04. The number of hydrogen-bond acceptors (Lipinski definition) is 4. The maximum absolute atomic E-state index is 6.04. The molecule has 102 valence electrons. The molecule has 0 aliphatic heterocycles. The van der Waals surface area contributed by atoms with E-state index in [0.29, 0.717) is 5.22 Å². The summed E-state index contributed by atoms with van der Waals surface area (Å²) in [5, 5.41) is 4.66. The Balaban J connectivity index is 2.07. The summed E-state index contributed by atoms with van der Waals surface area (Å²) >= 11 is 6.04. The topological polar surface area (TPSA) is 69.0 Å². The number of rotatable bonds is 4. The van der Waals surface area contributed by atoms with Crippen molar-refractivity contribution in [2.24, 2.45) is 5.84 Å². The van der Waals surface area contributed by atoms with E-state index in [2.05, 4.69) is 10.5 Å². The highest BCUT2D eigenvalue weighted by Crippen LogP contribution is 2.29. The summed E-state index contributed by atoms with van der Waals surface area (Å²) in [4.78, 5) is 0. The molecule has 0 saturated carbocycles. The molecule has 0 radical (unpaired) electrons. The Hall–Kier alpha value is -2.08. The number of hydrazine groups is 1. The highest BCUT2D eigenvalue weighted by Gasteiger charge is 2.21. The van der Waals surface area contributed by atoms with Gasteiger partial charge in [0.1, 0.15) is 0 Å². The van der Waals surface area contributed by atoms with Crippen LogP contribution in [0, 0.1) is 0 Å². The molecule has 6 heteroatoms. The Morgan fingerprint density at radius 2 is 2.00 bits per heavy atom. The van der Waals surface area contributed by atoms with Crippen LogP contribution in [0.15, 0.2) is 59.3 Å². The van der Waals surface area contributed by atoms with Gasteiger partial charge in [-0.1, -0.05) is 18.2 Å². The lowest BCUT2D eigenvalue weighted by atomic mass is 10.1. The molecule has 1 unspecified atom stereocenters. The first-order chi connectivity index (χ1) is 9.81. The number of nitrogens with two attached hydrogens (primary N) is 1. The first kappa shape index (κ1) is 12.9. The van der Waals surface area contributed by atoms with Crippen LogP contribution in [0.5, 0.6) is 0 Å². The van der Waals surface area contributed by atoms with Crippen LogP contribution in [0.2, 0.25) is 5.22 Å². The minimum Gasteiger partial charge on any atom is -0.453 e. The summed E-state index contributed by atoms with van der Waals surface area (Å²) < 4.78 is 6.94. The van der Waals surface area contributed by atoms with Crippen LogP contribution in [-0.2, 0) is 0 Å². The van der Waals surface area contributed by atoms with E-state index in [1.54, 1.807) is 12.3 Å². The Labute approximate surface area is 120 Å². The van der Waals surface area contributed by atoms with Crippen LogP contribution < -0.4 is 11.3 Å². The van der Waals surface area contributed by atoms with Crippen LogP contribution in [0.3, 0.4) is 0 Å². The van der Waals surface area contributed by atoms with E-state index in [1.165, 1.54) is 6.26 Å². The van der Waals surface area contributed by atoms with Crippen molar-refractivity contribution in [2.75, 3.05) is 0 Å². The molecule has 0 aliphatic carbocycles. The standard InChI is InChI=1S/C14H13ClN4O/c15-14-11(7-9-20-14)13(18-16)12-6-8-17-19(12)10-4-2-1-3-5-10/h1-9,13,18H,16H2. The van der Waals surface area contributed by atoms with E-state index in [-0.39, 0.29) is 6.04 Å². The number of benzene rings is 1. The Morgan fingerprint density at radius 3 is 2.65 bits per heavy atom. The second-order valence-electron chi connectivity index (χ2n) is 4.25. The normalized spacial score (nSPS) is 12.5. The van der Waals surface area contributed by atoms with E-state index < -0.39 is 0 Å². The molecule has 1 atom stereocenters. The number of nitrogens with one attached hydrogen (secondary N) is 1. The van der Waals surface area contributed by atoms with Gasteiger partial charge < -0.3 is 4.42 Å². The molecule has 0 bridgehead atoms. The number of para-hydroxylation sites is 1. The van der Waals surface area contributed by atoms with Gasteiger partial charge in [-0.05, 0) is 35.9 Å². The van der Waals surface area contributed by atoms with Crippen molar-refractivity contribution in [3.63, 3.8) is 0 Å². The summed E-state index contributed by atoms with van der Waals surface area (Å²) in [7, 11) is 0. The molecule has 0 amide bonds. The minimum absolute atomic E-state index is 0.302. The fourth-order valence-corrected chi connectivity index (χ4v) is 2.39. The number of furan rings is 1. The molecule has 0 aliphatic rings.